The monoisotopic (exact) mass is 408 g/mol. The Morgan fingerprint density at radius 2 is 1.83 bits per heavy atom. The van der Waals surface area contributed by atoms with Crippen LogP contribution in [-0.4, -0.2) is 30.9 Å². The SMILES string of the molecule is COc1cccc(Cn2cnc3c(-c4ccc(OC)c(OC)c4)csc3c2=O)c1. The van der Waals surface area contributed by atoms with E-state index in [0.29, 0.717) is 28.3 Å². The van der Waals surface area contributed by atoms with Crippen LogP contribution in [-0.2, 0) is 6.54 Å². The third-order valence-corrected chi connectivity index (χ3v) is 5.68. The fraction of sp³-hybridized carbons (Fsp3) is 0.182. The van der Waals surface area contributed by atoms with Crippen molar-refractivity contribution in [2.45, 2.75) is 6.54 Å². The number of nitrogens with zero attached hydrogens (tertiary/aromatic N) is 2. The number of ether oxygens (including phenoxy) is 3. The zero-order valence-corrected chi connectivity index (χ0v) is 17.2. The van der Waals surface area contributed by atoms with E-state index in [2.05, 4.69) is 4.98 Å². The van der Waals surface area contributed by atoms with Gasteiger partial charge in [0.1, 0.15) is 10.4 Å². The lowest BCUT2D eigenvalue weighted by Gasteiger charge is -2.09. The van der Waals surface area contributed by atoms with E-state index in [1.54, 1.807) is 32.2 Å². The van der Waals surface area contributed by atoms with E-state index in [-0.39, 0.29) is 5.56 Å². The minimum Gasteiger partial charge on any atom is -0.497 e. The average Bonchev–Trinajstić information content (AvgIpc) is 3.20. The quantitative estimate of drug-likeness (QED) is 0.479. The zero-order valence-electron chi connectivity index (χ0n) is 16.3. The van der Waals surface area contributed by atoms with Crippen LogP contribution in [0.4, 0.5) is 0 Å². The number of thiophene rings is 1. The van der Waals surface area contributed by atoms with E-state index in [1.165, 1.54) is 11.3 Å². The van der Waals surface area contributed by atoms with Crippen molar-refractivity contribution in [3.63, 3.8) is 0 Å². The molecule has 7 heteroatoms. The zero-order chi connectivity index (χ0) is 20.4. The molecule has 148 valence electrons. The largest absolute Gasteiger partial charge is 0.497 e. The van der Waals surface area contributed by atoms with Gasteiger partial charge >= 0.3 is 0 Å². The van der Waals surface area contributed by atoms with Crippen molar-refractivity contribution >= 4 is 21.6 Å². The van der Waals surface area contributed by atoms with E-state index in [1.807, 2.05) is 47.8 Å². The molecule has 0 N–H and O–H groups in total. The summed E-state index contributed by atoms with van der Waals surface area (Å²) < 4.78 is 18.2. The van der Waals surface area contributed by atoms with Crippen molar-refractivity contribution in [1.82, 2.24) is 9.55 Å². The first-order valence-corrected chi connectivity index (χ1v) is 9.84. The highest BCUT2D eigenvalue weighted by atomic mass is 32.1. The Labute approximate surface area is 171 Å². The molecule has 4 rings (SSSR count). The Balaban J connectivity index is 1.73. The van der Waals surface area contributed by atoms with Crippen LogP contribution >= 0.6 is 11.3 Å². The van der Waals surface area contributed by atoms with E-state index in [4.69, 9.17) is 14.2 Å². The minimum atomic E-state index is -0.0606. The molecule has 2 aromatic heterocycles. The normalized spacial score (nSPS) is 10.9. The lowest BCUT2D eigenvalue weighted by molar-refractivity contribution is 0.355. The van der Waals surface area contributed by atoms with Crippen LogP contribution in [0.1, 0.15) is 5.56 Å². The molecule has 0 aliphatic rings. The number of aromatic nitrogens is 2. The third-order valence-electron chi connectivity index (χ3n) is 4.73. The summed E-state index contributed by atoms with van der Waals surface area (Å²) in [5.41, 5.74) is 3.43. The van der Waals surface area contributed by atoms with Crippen molar-refractivity contribution in [3.8, 4) is 28.4 Å². The molecule has 29 heavy (non-hydrogen) atoms. The molecule has 2 aromatic carbocycles. The van der Waals surface area contributed by atoms with Gasteiger partial charge in [0.25, 0.3) is 5.56 Å². The maximum atomic E-state index is 13.0. The molecule has 0 spiro atoms. The Kier molecular flexibility index (Phi) is 5.22. The third kappa shape index (κ3) is 3.56. The standard InChI is InChI=1S/C22H20N2O4S/c1-26-16-6-4-5-14(9-16)11-24-13-23-20-17(12-29-21(20)22(24)25)15-7-8-18(27-2)19(10-15)28-3/h4-10,12-13H,11H2,1-3H3. The smallest absolute Gasteiger partial charge is 0.271 e. The van der Waals surface area contributed by atoms with E-state index >= 15 is 0 Å². The van der Waals surface area contributed by atoms with Crippen molar-refractivity contribution in [3.05, 3.63) is 70.1 Å². The average molecular weight is 408 g/mol. The molecule has 0 aliphatic carbocycles. The highest BCUT2D eigenvalue weighted by Gasteiger charge is 2.15. The molecule has 2 heterocycles. The number of hydrogen-bond acceptors (Lipinski definition) is 6. The van der Waals surface area contributed by atoms with Crippen LogP contribution in [0.5, 0.6) is 17.2 Å². The van der Waals surface area contributed by atoms with Gasteiger partial charge in [0.2, 0.25) is 0 Å². The lowest BCUT2D eigenvalue weighted by atomic mass is 10.1. The van der Waals surface area contributed by atoms with Gasteiger partial charge in [-0.3, -0.25) is 9.36 Å². The Hall–Kier alpha value is -3.32. The molecule has 0 bridgehead atoms. The molecule has 6 nitrogen and oxygen atoms in total. The van der Waals surface area contributed by atoms with Gasteiger partial charge in [-0.25, -0.2) is 4.98 Å². The molecule has 0 fully saturated rings. The van der Waals surface area contributed by atoms with Crippen molar-refractivity contribution in [2.75, 3.05) is 21.3 Å². The van der Waals surface area contributed by atoms with Gasteiger partial charge in [-0.05, 0) is 35.4 Å². The summed E-state index contributed by atoms with van der Waals surface area (Å²) in [6.45, 7) is 0.433. The summed E-state index contributed by atoms with van der Waals surface area (Å²) in [7, 11) is 4.83. The first kappa shape index (κ1) is 19.0. The van der Waals surface area contributed by atoms with Crippen molar-refractivity contribution in [1.29, 1.82) is 0 Å². The summed E-state index contributed by atoms with van der Waals surface area (Å²) in [5, 5.41) is 1.95. The first-order chi connectivity index (χ1) is 14.1. The predicted molar refractivity (Wildman–Crippen MR) is 115 cm³/mol. The number of fused-ring (bicyclic) bond motifs is 1. The maximum Gasteiger partial charge on any atom is 0.271 e. The second-order valence-electron chi connectivity index (χ2n) is 6.43. The predicted octanol–water partition coefficient (Wildman–Crippen LogP) is 4.20. The summed E-state index contributed by atoms with van der Waals surface area (Å²) in [6, 6.07) is 13.3. The van der Waals surface area contributed by atoms with Crippen molar-refractivity contribution < 1.29 is 14.2 Å². The van der Waals surface area contributed by atoms with E-state index < -0.39 is 0 Å². The summed E-state index contributed by atoms with van der Waals surface area (Å²) in [6.07, 6.45) is 1.60. The summed E-state index contributed by atoms with van der Waals surface area (Å²) >= 11 is 1.40. The van der Waals surface area contributed by atoms with Crippen LogP contribution in [0.15, 0.2) is 59.0 Å². The highest BCUT2D eigenvalue weighted by molar-refractivity contribution is 7.17. The minimum absolute atomic E-state index is 0.0606. The fourth-order valence-electron chi connectivity index (χ4n) is 3.23. The van der Waals surface area contributed by atoms with E-state index in [9.17, 15) is 4.79 Å². The summed E-state index contributed by atoms with van der Waals surface area (Å²) in [4.78, 5) is 17.6. The van der Waals surface area contributed by atoms with Crippen LogP contribution in [0.3, 0.4) is 0 Å². The molecular weight excluding hydrogens is 388 g/mol. The molecule has 0 aliphatic heterocycles. The van der Waals surface area contributed by atoms with Gasteiger partial charge in [-0.2, -0.15) is 0 Å². The fourth-order valence-corrected chi connectivity index (χ4v) is 4.21. The van der Waals surface area contributed by atoms with Crippen LogP contribution in [0, 0.1) is 0 Å². The highest BCUT2D eigenvalue weighted by Crippen LogP contribution is 2.36. The Bertz CT molecular complexity index is 1230. The topological polar surface area (TPSA) is 62.6 Å². The van der Waals surface area contributed by atoms with Crippen molar-refractivity contribution in [2.24, 2.45) is 0 Å². The molecule has 0 radical (unpaired) electrons. The number of rotatable bonds is 6. The maximum absolute atomic E-state index is 13.0. The van der Waals surface area contributed by atoms with Crippen LogP contribution in [0.25, 0.3) is 21.3 Å². The molecular formula is C22H20N2O4S. The second-order valence-corrected chi connectivity index (χ2v) is 7.31. The van der Waals surface area contributed by atoms with Gasteiger partial charge in [0.05, 0.1) is 39.7 Å². The van der Waals surface area contributed by atoms with Gasteiger partial charge in [-0.15, -0.1) is 11.3 Å². The summed E-state index contributed by atoms with van der Waals surface area (Å²) in [5.74, 6) is 2.05. The van der Waals surface area contributed by atoms with Gasteiger partial charge in [0.15, 0.2) is 11.5 Å². The molecule has 0 atom stereocenters. The molecule has 0 saturated carbocycles. The Morgan fingerprint density at radius 1 is 1.00 bits per heavy atom. The van der Waals surface area contributed by atoms with Crippen LogP contribution < -0.4 is 19.8 Å². The van der Waals surface area contributed by atoms with E-state index in [0.717, 1.165) is 22.4 Å². The molecule has 4 aromatic rings. The number of benzene rings is 2. The lowest BCUT2D eigenvalue weighted by Crippen LogP contribution is -2.20. The van der Waals surface area contributed by atoms with Gasteiger partial charge in [-0.1, -0.05) is 18.2 Å². The Morgan fingerprint density at radius 3 is 2.59 bits per heavy atom. The first-order valence-electron chi connectivity index (χ1n) is 8.96. The number of methoxy groups -OCH3 is 3. The molecule has 0 amide bonds. The van der Waals surface area contributed by atoms with Crippen LogP contribution in [0.2, 0.25) is 0 Å². The number of hydrogen-bond donors (Lipinski definition) is 0. The molecule has 0 unspecified atom stereocenters. The van der Waals surface area contributed by atoms with Gasteiger partial charge in [0, 0.05) is 10.9 Å². The van der Waals surface area contributed by atoms with Gasteiger partial charge < -0.3 is 14.2 Å². The molecule has 0 saturated heterocycles. The second kappa shape index (κ2) is 7.97.